The second-order valence-electron chi connectivity index (χ2n) is 5.03. The zero-order valence-electron chi connectivity index (χ0n) is 11.0. The molecule has 0 unspecified atom stereocenters. The molecule has 0 atom stereocenters. The van der Waals surface area contributed by atoms with E-state index in [0.717, 1.165) is 19.6 Å². The molecular formula is C15H19Cl2NO. The predicted molar refractivity (Wildman–Crippen MR) is 80.3 cm³/mol. The zero-order valence-corrected chi connectivity index (χ0v) is 12.5. The van der Waals surface area contributed by atoms with E-state index in [1.807, 2.05) is 0 Å². The standard InChI is InChI=1S/C15H19Cl2NO/c16-13-7-5-6-12(15(13)17)14(19)8-11-18-9-3-1-2-4-10-18/h5-7H,1-4,8-11H2. The van der Waals surface area contributed by atoms with Crippen molar-refractivity contribution in [2.24, 2.45) is 0 Å². The highest BCUT2D eigenvalue weighted by atomic mass is 35.5. The number of carbonyl (C=O) groups is 1. The Morgan fingerprint density at radius 2 is 1.79 bits per heavy atom. The molecule has 0 saturated carbocycles. The summed E-state index contributed by atoms with van der Waals surface area (Å²) < 4.78 is 0. The average molecular weight is 300 g/mol. The van der Waals surface area contributed by atoms with Gasteiger partial charge in [-0.05, 0) is 38.1 Å². The highest BCUT2D eigenvalue weighted by Crippen LogP contribution is 2.26. The maximum atomic E-state index is 12.2. The Morgan fingerprint density at radius 1 is 1.11 bits per heavy atom. The highest BCUT2D eigenvalue weighted by Gasteiger charge is 2.15. The summed E-state index contributed by atoms with van der Waals surface area (Å²) in [5.74, 6) is 0.0803. The van der Waals surface area contributed by atoms with Crippen molar-refractivity contribution in [3.8, 4) is 0 Å². The van der Waals surface area contributed by atoms with Crippen molar-refractivity contribution in [1.82, 2.24) is 4.90 Å². The minimum atomic E-state index is 0.0803. The number of likely N-dealkylation sites (tertiary alicyclic amines) is 1. The minimum Gasteiger partial charge on any atom is -0.303 e. The summed E-state index contributed by atoms with van der Waals surface area (Å²) in [5, 5.41) is 0.826. The molecule has 1 aliphatic rings. The summed E-state index contributed by atoms with van der Waals surface area (Å²) >= 11 is 12.0. The van der Waals surface area contributed by atoms with Gasteiger partial charge in [-0.1, -0.05) is 42.1 Å². The van der Waals surface area contributed by atoms with Crippen LogP contribution in [0.5, 0.6) is 0 Å². The highest BCUT2D eigenvalue weighted by molar-refractivity contribution is 6.43. The monoisotopic (exact) mass is 299 g/mol. The van der Waals surface area contributed by atoms with Crippen molar-refractivity contribution >= 4 is 29.0 Å². The first kappa shape index (κ1) is 14.8. The molecule has 2 rings (SSSR count). The third-order valence-electron chi connectivity index (χ3n) is 3.61. The molecule has 19 heavy (non-hydrogen) atoms. The van der Waals surface area contributed by atoms with Crippen molar-refractivity contribution in [2.45, 2.75) is 32.1 Å². The largest absolute Gasteiger partial charge is 0.303 e. The number of hydrogen-bond acceptors (Lipinski definition) is 2. The Morgan fingerprint density at radius 3 is 2.47 bits per heavy atom. The SMILES string of the molecule is O=C(CCN1CCCCCC1)c1cccc(Cl)c1Cl. The van der Waals surface area contributed by atoms with E-state index in [4.69, 9.17) is 23.2 Å². The molecule has 1 heterocycles. The van der Waals surface area contributed by atoms with Crippen molar-refractivity contribution in [2.75, 3.05) is 19.6 Å². The number of carbonyl (C=O) groups excluding carboxylic acids is 1. The van der Waals surface area contributed by atoms with Gasteiger partial charge in [-0.15, -0.1) is 0 Å². The topological polar surface area (TPSA) is 20.3 Å². The molecular weight excluding hydrogens is 281 g/mol. The molecule has 0 spiro atoms. The van der Waals surface area contributed by atoms with Crippen LogP contribution >= 0.6 is 23.2 Å². The van der Waals surface area contributed by atoms with Gasteiger partial charge in [-0.2, -0.15) is 0 Å². The summed E-state index contributed by atoms with van der Waals surface area (Å²) in [6.45, 7) is 3.04. The minimum absolute atomic E-state index is 0.0803. The lowest BCUT2D eigenvalue weighted by molar-refractivity contribution is 0.0965. The van der Waals surface area contributed by atoms with Crippen LogP contribution in [0.25, 0.3) is 0 Å². The van der Waals surface area contributed by atoms with Gasteiger partial charge in [0.2, 0.25) is 0 Å². The van der Waals surface area contributed by atoms with Gasteiger partial charge >= 0.3 is 0 Å². The van der Waals surface area contributed by atoms with Crippen LogP contribution in [0.15, 0.2) is 18.2 Å². The van der Waals surface area contributed by atoms with E-state index in [2.05, 4.69) is 4.90 Å². The normalized spacial score (nSPS) is 17.2. The Balaban J connectivity index is 1.91. The number of Topliss-reactive ketones (excluding diaryl/α,β-unsaturated/α-hetero) is 1. The molecule has 1 saturated heterocycles. The fourth-order valence-electron chi connectivity index (χ4n) is 2.47. The summed E-state index contributed by atoms with van der Waals surface area (Å²) in [6, 6.07) is 5.22. The Labute approximate surface area is 124 Å². The predicted octanol–water partition coefficient (Wildman–Crippen LogP) is 4.44. The van der Waals surface area contributed by atoms with Gasteiger partial charge in [0.25, 0.3) is 0 Å². The second kappa shape index (κ2) is 7.28. The fraction of sp³-hybridized carbons (Fsp3) is 0.533. The van der Waals surface area contributed by atoms with E-state index < -0.39 is 0 Å². The molecule has 0 aromatic heterocycles. The summed E-state index contributed by atoms with van der Waals surface area (Å²) in [6.07, 6.45) is 5.62. The van der Waals surface area contributed by atoms with Gasteiger partial charge in [-0.3, -0.25) is 4.79 Å². The maximum Gasteiger partial charge on any atom is 0.165 e. The second-order valence-corrected chi connectivity index (χ2v) is 5.82. The van der Waals surface area contributed by atoms with Gasteiger partial charge in [0.15, 0.2) is 5.78 Å². The number of rotatable bonds is 4. The zero-order chi connectivity index (χ0) is 13.7. The average Bonchev–Trinajstić information content (AvgIpc) is 2.68. The molecule has 0 bridgehead atoms. The molecule has 4 heteroatoms. The van der Waals surface area contributed by atoms with Crippen LogP contribution in [-0.2, 0) is 0 Å². The van der Waals surface area contributed by atoms with Crippen LogP contribution < -0.4 is 0 Å². The van der Waals surface area contributed by atoms with E-state index >= 15 is 0 Å². The van der Waals surface area contributed by atoms with Gasteiger partial charge in [0.05, 0.1) is 10.0 Å². The van der Waals surface area contributed by atoms with E-state index in [9.17, 15) is 4.79 Å². The number of halogens is 2. The summed E-state index contributed by atoms with van der Waals surface area (Å²) in [4.78, 5) is 14.6. The molecule has 1 aromatic carbocycles. The van der Waals surface area contributed by atoms with Crippen LogP contribution in [0.4, 0.5) is 0 Å². The lowest BCUT2D eigenvalue weighted by Gasteiger charge is -2.19. The van der Waals surface area contributed by atoms with Crippen molar-refractivity contribution in [3.63, 3.8) is 0 Å². The van der Waals surface area contributed by atoms with Gasteiger partial charge in [-0.25, -0.2) is 0 Å². The van der Waals surface area contributed by atoms with Crippen molar-refractivity contribution in [3.05, 3.63) is 33.8 Å². The fourth-order valence-corrected chi connectivity index (χ4v) is 2.88. The quantitative estimate of drug-likeness (QED) is 0.766. The Hall–Kier alpha value is -0.570. The van der Waals surface area contributed by atoms with Crippen LogP contribution in [0, 0.1) is 0 Å². The Kier molecular flexibility index (Phi) is 5.68. The third kappa shape index (κ3) is 4.20. The molecule has 1 aliphatic heterocycles. The molecule has 1 fully saturated rings. The summed E-state index contributed by atoms with van der Waals surface area (Å²) in [7, 11) is 0. The van der Waals surface area contributed by atoms with Crippen molar-refractivity contribution < 1.29 is 4.79 Å². The molecule has 0 N–H and O–H groups in total. The van der Waals surface area contributed by atoms with Crippen LogP contribution in [0.3, 0.4) is 0 Å². The van der Waals surface area contributed by atoms with Gasteiger partial charge < -0.3 is 4.90 Å². The lowest BCUT2D eigenvalue weighted by atomic mass is 10.1. The van der Waals surface area contributed by atoms with Crippen molar-refractivity contribution in [1.29, 1.82) is 0 Å². The van der Waals surface area contributed by atoms with Gasteiger partial charge in [0, 0.05) is 18.5 Å². The molecule has 2 nitrogen and oxygen atoms in total. The lowest BCUT2D eigenvalue weighted by Crippen LogP contribution is -2.27. The summed E-state index contributed by atoms with van der Waals surface area (Å²) in [5.41, 5.74) is 0.545. The molecule has 0 radical (unpaired) electrons. The van der Waals surface area contributed by atoms with Gasteiger partial charge in [0.1, 0.15) is 0 Å². The molecule has 0 aliphatic carbocycles. The Bertz CT molecular complexity index is 440. The first-order chi connectivity index (χ1) is 9.18. The molecule has 104 valence electrons. The number of hydrogen-bond donors (Lipinski definition) is 0. The number of benzene rings is 1. The van der Waals surface area contributed by atoms with Crippen LogP contribution in [-0.4, -0.2) is 30.3 Å². The smallest absolute Gasteiger partial charge is 0.165 e. The first-order valence-electron chi connectivity index (χ1n) is 6.88. The third-order valence-corrected chi connectivity index (χ3v) is 4.42. The molecule has 0 amide bonds. The van der Waals surface area contributed by atoms with E-state index in [0.29, 0.717) is 22.0 Å². The number of ketones is 1. The first-order valence-corrected chi connectivity index (χ1v) is 7.63. The van der Waals surface area contributed by atoms with E-state index in [1.54, 1.807) is 18.2 Å². The number of nitrogens with zero attached hydrogens (tertiary/aromatic N) is 1. The molecule has 1 aromatic rings. The van der Waals surface area contributed by atoms with E-state index in [-0.39, 0.29) is 5.78 Å². The van der Waals surface area contributed by atoms with E-state index in [1.165, 1.54) is 25.7 Å². The maximum absolute atomic E-state index is 12.2. The van der Waals surface area contributed by atoms with Crippen LogP contribution in [0.1, 0.15) is 42.5 Å². The van der Waals surface area contributed by atoms with Crippen LogP contribution in [0.2, 0.25) is 10.0 Å².